The number of ether oxygens (including phenoxy) is 1. The van der Waals surface area contributed by atoms with Gasteiger partial charge in [0.05, 0.1) is 25.8 Å². The van der Waals surface area contributed by atoms with Gasteiger partial charge in [-0.25, -0.2) is 0 Å². The fraction of sp³-hybridized carbons (Fsp3) is 0.562. The maximum atomic E-state index is 9.45. The second kappa shape index (κ2) is 5.93. The van der Waals surface area contributed by atoms with E-state index in [1.165, 1.54) is 6.42 Å². The molecule has 1 atom stereocenters. The normalized spacial score (nSPS) is 23.7. The average molecular weight is 289 g/mol. The molecule has 114 valence electrons. The number of fused-ring (bicyclic) bond motifs is 1. The van der Waals surface area contributed by atoms with Crippen molar-refractivity contribution in [3.05, 3.63) is 29.8 Å². The number of nitrogens with zero attached hydrogens (tertiary/aromatic N) is 1. The van der Waals surface area contributed by atoms with Gasteiger partial charge in [0.2, 0.25) is 0 Å². The largest absolute Gasteiger partial charge is 0.493 e. The number of benzene rings is 1. The van der Waals surface area contributed by atoms with E-state index in [0.29, 0.717) is 19.1 Å². The first kappa shape index (κ1) is 14.2. The monoisotopic (exact) mass is 289 g/mol. The molecule has 0 saturated heterocycles. The number of para-hydroxylation sites is 1. The van der Waals surface area contributed by atoms with Crippen molar-refractivity contribution in [3.8, 4) is 5.75 Å². The third kappa shape index (κ3) is 2.97. The molecule has 5 nitrogen and oxygen atoms in total. The number of nitrogens with one attached hydrogen (secondary N) is 1. The molecule has 1 aliphatic heterocycles. The molecule has 1 aromatic carbocycles. The summed E-state index contributed by atoms with van der Waals surface area (Å²) in [6.45, 7) is 1.49. The van der Waals surface area contributed by atoms with Crippen LogP contribution in [-0.4, -0.2) is 30.8 Å². The summed E-state index contributed by atoms with van der Waals surface area (Å²) in [5.74, 6) is 1.37. The van der Waals surface area contributed by atoms with Crippen LogP contribution in [0.15, 0.2) is 29.3 Å². The van der Waals surface area contributed by atoms with Gasteiger partial charge in [0.15, 0.2) is 5.96 Å². The molecule has 1 heterocycles. The van der Waals surface area contributed by atoms with Gasteiger partial charge in [-0.1, -0.05) is 24.6 Å². The summed E-state index contributed by atoms with van der Waals surface area (Å²) in [5, 5.41) is 12.7. The highest BCUT2D eigenvalue weighted by atomic mass is 16.5. The van der Waals surface area contributed by atoms with Crippen LogP contribution in [0.2, 0.25) is 0 Å². The molecule has 1 fully saturated rings. The van der Waals surface area contributed by atoms with E-state index < -0.39 is 0 Å². The van der Waals surface area contributed by atoms with E-state index in [4.69, 9.17) is 10.5 Å². The number of guanidine groups is 1. The van der Waals surface area contributed by atoms with Gasteiger partial charge in [0.25, 0.3) is 0 Å². The minimum Gasteiger partial charge on any atom is -0.493 e. The van der Waals surface area contributed by atoms with Crippen molar-refractivity contribution in [3.63, 3.8) is 0 Å². The molecule has 1 aliphatic carbocycles. The molecule has 0 spiro atoms. The first-order valence-electron chi connectivity index (χ1n) is 7.61. The molecule has 2 aliphatic rings. The Balaban J connectivity index is 1.64. The van der Waals surface area contributed by atoms with Gasteiger partial charge < -0.3 is 20.9 Å². The molecule has 5 heteroatoms. The lowest BCUT2D eigenvalue weighted by atomic mass is 9.69. The zero-order valence-corrected chi connectivity index (χ0v) is 12.2. The van der Waals surface area contributed by atoms with Gasteiger partial charge in [0.1, 0.15) is 5.75 Å². The predicted molar refractivity (Wildman–Crippen MR) is 82.3 cm³/mol. The van der Waals surface area contributed by atoms with Gasteiger partial charge in [-0.15, -0.1) is 0 Å². The zero-order valence-electron chi connectivity index (χ0n) is 12.2. The summed E-state index contributed by atoms with van der Waals surface area (Å²) in [6, 6.07) is 8.15. The average Bonchev–Trinajstić information content (AvgIpc) is 2.47. The van der Waals surface area contributed by atoms with E-state index in [0.717, 1.165) is 30.6 Å². The Labute approximate surface area is 125 Å². The molecule has 0 aromatic heterocycles. The van der Waals surface area contributed by atoms with Crippen molar-refractivity contribution in [1.29, 1.82) is 0 Å². The lowest BCUT2D eigenvalue weighted by Crippen LogP contribution is -2.40. The van der Waals surface area contributed by atoms with Gasteiger partial charge >= 0.3 is 0 Å². The Morgan fingerprint density at radius 1 is 1.43 bits per heavy atom. The Kier molecular flexibility index (Phi) is 4.01. The molecular weight excluding hydrogens is 266 g/mol. The van der Waals surface area contributed by atoms with Crippen LogP contribution in [0, 0.1) is 5.41 Å². The van der Waals surface area contributed by atoms with Crippen LogP contribution >= 0.6 is 0 Å². The summed E-state index contributed by atoms with van der Waals surface area (Å²) >= 11 is 0. The number of rotatable bonds is 4. The molecular formula is C16H23N3O2. The lowest BCUT2D eigenvalue weighted by Gasteiger charge is -2.39. The van der Waals surface area contributed by atoms with Crippen molar-refractivity contribution in [2.75, 3.05) is 19.8 Å². The third-order valence-electron chi connectivity index (χ3n) is 4.62. The standard InChI is InChI=1S/C16H23N3O2/c17-15(18-10-16(11-20)7-3-8-16)19-13-6-9-21-14-5-2-1-4-12(13)14/h1-2,4-5,13,20H,3,6-11H2,(H3,17,18,19). The second-order valence-electron chi connectivity index (χ2n) is 6.09. The molecule has 1 aromatic rings. The van der Waals surface area contributed by atoms with Crippen molar-refractivity contribution < 1.29 is 9.84 Å². The molecule has 21 heavy (non-hydrogen) atoms. The first-order chi connectivity index (χ1) is 10.2. The predicted octanol–water partition coefficient (Wildman–Crippen LogP) is 1.58. The van der Waals surface area contributed by atoms with Crippen molar-refractivity contribution in [1.82, 2.24) is 5.32 Å². The Morgan fingerprint density at radius 2 is 2.24 bits per heavy atom. The maximum Gasteiger partial charge on any atom is 0.189 e. The summed E-state index contributed by atoms with van der Waals surface area (Å²) in [7, 11) is 0. The van der Waals surface area contributed by atoms with Crippen LogP contribution in [0.25, 0.3) is 0 Å². The van der Waals surface area contributed by atoms with E-state index in [9.17, 15) is 5.11 Å². The number of aliphatic hydroxyl groups is 1. The Hall–Kier alpha value is -1.75. The van der Waals surface area contributed by atoms with E-state index >= 15 is 0 Å². The topological polar surface area (TPSA) is 79.9 Å². The van der Waals surface area contributed by atoms with Crippen LogP contribution in [0.4, 0.5) is 0 Å². The molecule has 1 unspecified atom stereocenters. The van der Waals surface area contributed by atoms with Gasteiger partial charge in [-0.2, -0.15) is 0 Å². The summed E-state index contributed by atoms with van der Waals surface area (Å²) in [4.78, 5) is 4.44. The van der Waals surface area contributed by atoms with E-state index in [-0.39, 0.29) is 18.1 Å². The van der Waals surface area contributed by atoms with Crippen molar-refractivity contribution in [2.24, 2.45) is 16.1 Å². The Morgan fingerprint density at radius 3 is 2.95 bits per heavy atom. The number of hydrogen-bond donors (Lipinski definition) is 3. The van der Waals surface area contributed by atoms with Gasteiger partial charge in [0, 0.05) is 17.4 Å². The minimum atomic E-state index is -0.0279. The number of aliphatic hydroxyl groups excluding tert-OH is 1. The van der Waals surface area contributed by atoms with Crippen LogP contribution in [-0.2, 0) is 0 Å². The number of hydrogen-bond acceptors (Lipinski definition) is 3. The van der Waals surface area contributed by atoms with Crippen LogP contribution in [0.3, 0.4) is 0 Å². The Bertz CT molecular complexity index is 520. The lowest BCUT2D eigenvalue weighted by molar-refractivity contribution is 0.0539. The van der Waals surface area contributed by atoms with E-state index in [1.807, 2.05) is 18.2 Å². The minimum absolute atomic E-state index is 0.0279. The van der Waals surface area contributed by atoms with E-state index in [1.54, 1.807) is 0 Å². The highest BCUT2D eigenvalue weighted by Gasteiger charge is 2.36. The van der Waals surface area contributed by atoms with Crippen LogP contribution in [0.5, 0.6) is 5.75 Å². The molecule has 4 N–H and O–H groups in total. The number of nitrogens with two attached hydrogens (primary N) is 1. The van der Waals surface area contributed by atoms with Crippen LogP contribution in [0.1, 0.15) is 37.3 Å². The van der Waals surface area contributed by atoms with Gasteiger partial charge in [-0.05, 0) is 18.9 Å². The SMILES string of the molecule is NC(=NCC1(CO)CCC1)NC1CCOc2ccccc21. The van der Waals surface area contributed by atoms with E-state index in [2.05, 4.69) is 16.4 Å². The molecule has 0 radical (unpaired) electrons. The molecule has 0 amide bonds. The third-order valence-corrected chi connectivity index (χ3v) is 4.62. The first-order valence-corrected chi connectivity index (χ1v) is 7.61. The van der Waals surface area contributed by atoms with Crippen molar-refractivity contribution >= 4 is 5.96 Å². The fourth-order valence-corrected chi connectivity index (χ4v) is 3.01. The van der Waals surface area contributed by atoms with Crippen LogP contribution < -0.4 is 15.8 Å². The summed E-state index contributed by atoms with van der Waals surface area (Å²) in [6.07, 6.45) is 4.13. The highest BCUT2D eigenvalue weighted by Crippen LogP contribution is 2.40. The van der Waals surface area contributed by atoms with Crippen molar-refractivity contribution in [2.45, 2.75) is 31.7 Å². The molecule has 1 saturated carbocycles. The molecule has 0 bridgehead atoms. The fourth-order valence-electron chi connectivity index (χ4n) is 3.01. The smallest absolute Gasteiger partial charge is 0.189 e. The highest BCUT2D eigenvalue weighted by molar-refractivity contribution is 5.78. The summed E-state index contributed by atoms with van der Waals surface area (Å²) < 4.78 is 5.64. The maximum absolute atomic E-state index is 9.45. The van der Waals surface area contributed by atoms with Gasteiger partial charge in [-0.3, -0.25) is 4.99 Å². The number of aliphatic imine (C=N–C) groups is 1. The summed E-state index contributed by atoms with van der Waals surface area (Å²) in [5.41, 5.74) is 7.12. The quantitative estimate of drug-likeness (QED) is 0.581. The zero-order chi connectivity index (χ0) is 14.7. The second-order valence-corrected chi connectivity index (χ2v) is 6.09. The molecule has 3 rings (SSSR count).